The number of rotatable bonds is 4. The zero-order valence-corrected chi connectivity index (χ0v) is 11.7. The minimum atomic E-state index is -0.190. The number of hydrogen-bond acceptors (Lipinski definition) is 1. The van der Waals surface area contributed by atoms with E-state index >= 15 is 0 Å². The molecule has 2 rings (SSSR count). The summed E-state index contributed by atoms with van der Waals surface area (Å²) in [5, 5.41) is 3.30. The largest absolute Gasteiger partial charge is 0.313 e. The third kappa shape index (κ3) is 3.65. The van der Waals surface area contributed by atoms with E-state index in [9.17, 15) is 4.39 Å². The van der Waals surface area contributed by atoms with Crippen LogP contribution in [-0.4, -0.2) is 7.05 Å². The maximum atomic E-state index is 13.0. The Labute approximate surface area is 114 Å². The summed E-state index contributed by atoms with van der Waals surface area (Å²) in [7, 11) is 1.94. The van der Waals surface area contributed by atoms with Gasteiger partial charge in [-0.1, -0.05) is 41.5 Å². The van der Waals surface area contributed by atoms with Crippen molar-refractivity contribution in [3.8, 4) is 0 Å². The van der Waals surface area contributed by atoms with Gasteiger partial charge < -0.3 is 5.32 Å². The molecule has 2 aromatic rings. The molecule has 2 aromatic carbocycles. The molecule has 0 aliphatic heterocycles. The zero-order valence-electron chi connectivity index (χ0n) is 11.7. The second-order valence-electron chi connectivity index (χ2n) is 5.09. The lowest BCUT2D eigenvalue weighted by molar-refractivity contribution is 0.585. The van der Waals surface area contributed by atoms with Gasteiger partial charge in [-0.25, -0.2) is 4.39 Å². The average molecular weight is 257 g/mol. The van der Waals surface area contributed by atoms with Gasteiger partial charge in [0.05, 0.1) is 0 Å². The molecule has 1 nitrogen and oxygen atoms in total. The van der Waals surface area contributed by atoms with Crippen molar-refractivity contribution in [2.24, 2.45) is 0 Å². The van der Waals surface area contributed by atoms with Crippen LogP contribution < -0.4 is 5.32 Å². The van der Waals surface area contributed by atoms with E-state index in [0.717, 1.165) is 12.0 Å². The number of halogens is 1. The maximum absolute atomic E-state index is 13.0. The lowest BCUT2D eigenvalue weighted by atomic mass is 9.96. The van der Waals surface area contributed by atoms with Crippen LogP contribution in [0.2, 0.25) is 0 Å². The van der Waals surface area contributed by atoms with Crippen LogP contribution in [-0.2, 0) is 6.42 Å². The fourth-order valence-corrected chi connectivity index (χ4v) is 2.50. The van der Waals surface area contributed by atoms with Gasteiger partial charge in [-0.15, -0.1) is 0 Å². The molecule has 2 heteroatoms. The quantitative estimate of drug-likeness (QED) is 0.874. The van der Waals surface area contributed by atoms with Gasteiger partial charge in [0, 0.05) is 6.04 Å². The number of benzene rings is 2. The Kier molecular flexibility index (Phi) is 4.33. The molecular weight excluding hydrogens is 237 g/mol. The molecule has 0 aliphatic carbocycles. The lowest BCUT2D eigenvalue weighted by Gasteiger charge is -2.17. The van der Waals surface area contributed by atoms with E-state index in [1.807, 2.05) is 19.2 Å². The van der Waals surface area contributed by atoms with Crippen LogP contribution in [0.25, 0.3) is 0 Å². The first-order valence-electron chi connectivity index (χ1n) is 6.58. The van der Waals surface area contributed by atoms with E-state index in [0.29, 0.717) is 0 Å². The second-order valence-corrected chi connectivity index (χ2v) is 5.09. The van der Waals surface area contributed by atoms with Crippen LogP contribution in [0.3, 0.4) is 0 Å². The van der Waals surface area contributed by atoms with Crippen molar-refractivity contribution < 1.29 is 4.39 Å². The molecule has 0 heterocycles. The first kappa shape index (κ1) is 13.8. The highest BCUT2D eigenvalue weighted by molar-refractivity contribution is 5.31. The summed E-state index contributed by atoms with van der Waals surface area (Å²) in [6, 6.07) is 13.5. The van der Waals surface area contributed by atoms with Crippen LogP contribution >= 0.6 is 0 Å². The molecule has 0 spiro atoms. The molecule has 0 aliphatic rings. The Bertz CT molecular complexity index is 525. The SMILES string of the molecule is CNC(Cc1cc(C)cc(C)c1)c1ccc(F)cc1. The van der Waals surface area contributed by atoms with Gasteiger partial charge >= 0.3 is 0 Å². The standard InChI is InChI=1S/C17H20FN/c1-12-8-13(2)10-14(9-12)11-17(19-3)15-4-6-16(18)7-5-15/h4-10,17,19H,11H2,1-3H3. The fourth-order valence-electron chi connectivity index (χ4n) is 2.50. The Hall–Kier alpha value is -1.67. The topological polar surface area (TPSA) is 12.0 Å². The van der Waals surface area contributed by atoms with Crippen LogP contribution in [0, 0.1) is 19.7 Å². The fraction of sp³-hybridized carbons (Fsp3) is 0.294. The Morgan fingerprint density at radius 1 is 1.00 bits per heavy atom. The number of likely N-dealkylation sites (N-methyl/N-ethyl adjacent to an activating group) is 1. The van der Waals surface area contributed by atoms with E-state index in [4.69, 9.17) is 0 Å². The van der Waals surface area contributed by atoms with Crippen molar-refractivity contribution in [1.29, 1.82) is 0 Å². The zero-order chi connectivity index (χ0) is 13.8. The minimum absolute atomic E-state index is 0.190. The average Bonchev–Trinajstić information content (AvgIpc) is 2.36. The monoisotopic (exact) mass is 257 g/mol. The van der Waals surface area contributed by atoms with E-state index in [1.54, 1.807) is 0 Å². The molecule has 0 fully saturated rings. The van der Waals surface area contributed by atoms with Gasteiger partial charge in [-0.2, -0.15) is 0 Å². The molecule has 0 bridgehead atoms. The molecule has 1 N–H and O–H groups in total. The summed E-state index contributed by atoms with van der Waals surface area (Å²) < 4.78 is 13.0. The number of hydrogen-bond donors (Lipinski definition) is 1. The summed E-state index contributed by atoms with van der Waals surface area (Å²) in [4.78, 5) is 0. The van der Waals surface area contributed by atoms with Gasteiger partial charge in [-0.3, -0.25) is 0 Å². The van der Waals surface area contributed by atoms with E-state index in [2.05, 4.69) is 37.4 Å². The third-order valence-electron chi connectivity index (χ3n) is 3.34. The number of nitrogens with one attached hydrogen (secondary N) is 1. The van der Waals surface area contributed by atoms with Gasteiger partial charge in [0.25, 0.3) is 0 Å². The third-order valence-corrected chi connectivity index (χ3v) is 3.34. The molecule has 0 saturated heterocycles. The summed E-state index contributed by atoms with van der Waals surface area (Å²) in [5.41, 5.74) is 4.98. The number of aryl methyl sites for hydroxylation is 2. The summed E-state index contributed by atoms with van der Waals surface area (Å²) in [6.45, 7) is 4.23. The van der Waals surface area contributed by atoms with Gasteiger partial charge in [0.1, 0.15) is 5.82 Å². The van der Waals surface area contributed by atoms with Crippen molar-refractivity contribution in [2.45, 2.75) is 26.3 Å². The molecule has 0 aromatic heterocycles. The minimum Gasteiger partial charge on any atom is -0.313 e. The van der Waals surface area contributed by atoms with E-state index in [-0.39, 0.29) is 11.9 Å². The van der Waals surface area contributed by atoms with Crippen molar-refractivity contribution in [3.63, 3.8) is 0 Å². The lowest BCUT2D eigenvalue weighted by Crippen LogP contribution is -2.18. The first-order valence-corrected chi connectivity index (χ1v) is 6.58. The van der Waals surface area contributed by atoms with Gasteiger partial charge in [0.2, 0.25) is 0 Å². The highest BCUT2D eigenvalue weighted by Gasteiger charge is 2.10. The summed E-state index contributed by atoms with van der Waals surface area (Å²) in [5.74, 6) is -0.190. The van der Waals surface area contributed by atoms with Gasteiger partial charge in [0.15, 0.2) is 0 Å². The molecular formula is C17H20FN. The molecule has 0 saturated carbocycles. The summed E-state index contributed by atoms with van der Waals surface area (Å²) >= 11 is 0. The highest BCUT2D eigenvalue weighted by atomic mass is 19.1. The van der Waals surface area contributed by atoms with Crippen molar-refractivity contribution in [1.82, 2.24) is 5.32 Å². The normalized spacial score (nSPS) is 12.4. The Balaban J connectivity index is 2.21. The van der Waals surface area contributed by atoms with Crippen molar-refractivity contribution in [3.05, 3.63) is 70.5 Å². The molecule has 1 unspecified atom stereocenters. The van der Waals surface area contributed by atoms with Crippen LogP contribution in [0.15, 0.2) is 42.5 Å². The predicted octanol–water partition coefficient (Wildman–Crippen LogP) is 3.95. The highest BCUT2D eigenvalue weighted by Crippen LogP contribution is 2.20. The van der Waals surface area contributed by atoms with Crippen LogP contribution in [0.5, 0.6) is 0 Å². The molecule has 100 valence electrons. The molecule has 1 atom stereocenters. The second kappa shape index (κ2) is 5.98. The Morgan fingerprint density at radius 3 is 2.11 bits per heavy atom. The van der Waals surface area contributed by atoms with Crippen LogP contribution in [0.4, 0.5) is 4.39 Å². The smallest absolute Gasteiger partial charge is 0.123 e. The van der Waals surface area contributed by atoms with Gasteiger partial charge in [-0.05, 0) is 50.6 Å². The van der Waals surface area contributed by atoms with Crippen LogP contribution in [0.1, 0.15) is 28.3 Å². The van der Waals surface area contributed by atoms with E-state index in [1.165, 1.54) is 28.8 Å². The molecule has 0 radical (unpaired) electrons. The first-order chi connectivity index (χ1) is 9.08. The van der Waals surface area contributed by atoms with Crippen molar-refractivity contribution >= 4 is 0 Å². The molecule has 19 heavy (non-hydrogen) atoms. The summed E-state index contributed by atoms with van der Waals surface area (Å²) in [6.07, 6.45) is 0.907. The Morgan fingerprint density at radius 2 is 1.58 bits per heavy atom. The predicted molar refractivity (Wildman–Crippen MR) is 77.8 cm³/mol. The van der Waals surface area contributed by atoms with E-state index < -0.39 is 0 Å². The molecule has 0 amide bonds. The maximum Gasteiger partial charge on any atom is 0.123 e. The van der Waals surface area contributed by atoms with Crippen molar-refractivity contribution in [2.75, 3.05) is 7.05 Å².